The molecule has 40 heavy (non-hydrogen) atoms. The van der Waals surface area contributed by atoms with Gasteiger partial charge in [-0.1, -0.05) is 60.7 Å². The molecule has 216 valence electrons. The highest BCUT2D eigenvalue weighted by Gasteiger charge is 2.20. The lowest BCUT2D eigenvalue weighted by Gasteiger charge is -2.19. The van der Waals surface area contributed by atoms with Crippen molar-refractivity contribution in [1.29, 1.82) is 0 Å². The molecule has 0 bridgehead atoms. The quantitative estimate of drug-likeness (QED) is 0.242. The Kier molecular flexibility index (Phi) is 12.4. The third-order valence-corrected chi connectivity index (χ3v) is 4.65. The summed E-state index contributed by atoms with van der Waals surface area (Å²) in [6, 6.07) is 17.6. The predicted molar refractivity (Wildman–Crippen MR) is 145 cm³/mol. The number of halogens is 3. The van der Waals surface area contributed by atoms with Crippen molar-refractivity contribution in [3.05, 3.63) is 72.3 Å². The first kappa shape index (κ1) is 32.1. The Balaban J connectivity index is 0.000000290. The van der Waals surface area contributed by atoms with E-state index < -0.39 is 23.3 Å². The Morgan fingerprint density at radius 3 is 1.73 bits per heavy atom. The monoisotopic (exact) mass is 580 g/mol. The van der Waals surface area contributed by atoms with Crippen LogP contribution >= 0.6 is 12.4 Å². The fourth-order valence-electron chi connectivity index (χ4n) is 3.02. The van der Waals surface area contributed by atoms with Crippen molar-refractivity contribution in [2.45, 2.75) is 26.4 Å². The molecule has 0 aliphatic carbocycles. The first-order valence-corrected chi connectivity index (χ1v) is 12.0. The molecule has 10 nitrogen and oxygen atoms in total. The topological polar surface area (TPSA) is 135 Å². The van der Waals surface area contributed by atoms with Crippen molar-refractivity contribution in [2.75, 3.05) is 26.3 Å². The van der Waals surface area contributed by atoms with E-state index in [-0.39, 0.29) is 55.4 Å². The molecule has 1 amide bonds. The van der Waals surface area contributed by atoms with E-state index in [1.807, 2.05) is 12.1 Å². The van der Waals surface area contributed by atoms with E-state index in [1.165, 1.54) is 0 Å². The first-order valence-electron chi connectivity index (χ1n) is 12.0. The van der Waals surface area contributed by atoms with Gasteiger partial charge in [0.2, 0.25) is 23.2 Å². The van der Waals surface area contributed by atoms with Crippen LogP contribution in [0, 0.1) is 11.6 Å². The summed E-state index contributed by atoms with van der Waals surface area (Å²) in [6.45, 7) is 5.99. The molecule has 0 fully saturated rings. The third-order valence-electron chi connectivity index (χ3n) is 4.65. The van der Waals surface area contributed by atoms with E-state index in [9.17, 15) is 13.6 Å². The van der Waals surface area contributed by atoms with E-state index >= 15 is 0 Å². The highest BCUT2D eigenvalue weighted by molar-refractivity contribution is 5.85. The largest absolute Gasteiger partial charge is 0.472 e. The normalized spacial score (nSPS) is 10.6. The molecule has 4 rings (SSSR count). The van der Waals surface area contributed by atoms with Crippen LogP contribution in [0.15, 0.2) is 69.7 Å². The zero-order chi connectivity index (χ0) is 28.3. The number of nitrogens with zero attached hydrogens (tertiary/aromatic N) is 2. The highest BCUT2D eigenvalue weighted by atomic mass is 35.5. The van der Waals surface area contributed by atoms with Crippen molar-refractivity contribution in [3.63, 3.8) is 0 Å². The summed E-state index contributed by atoms with van der Waals surface area (Å²) in [5.74, 6) is -1.57. The molecule has 0 radical (unpaired) electrons. The molecule has 0 saturated heterocycles. The molecular weight excluding hydrogens is 550 g/mol. The maximum absolute atomic E-state index is 14.1. The minimum atomic E-state index is -0.673. The Bertz CT molecular complexity index is 1310. The maximum atomic E-state index is 14.1. The standard InChI is InChI=1S/C16H19FN2O4.C11H11FN2O2.ClH/c1-16(2,3)22-15(20)18-9-10-21-14-12(17)13(23-19-14)11-7-5-4-6-8-11;12-9-10(8-4-2-1-3-5-8)16-14-11(9)15-7-6-13;/h4-8H,9-10H2,1-3H3,(H,18,20);1-5H,6-7,13H2;1H. The summed E-state index contributed by atoms with van der Waals surface area (Å²) >= 11 is 0. The van der Waals surface area contributed by atoms with Gasteiger partial charge < -0.3 is 34.3 Å². The number of nitrogens with two attached hydrogens (primary N) is 1. The SMILES string of the molecule is CC(C)(C)OC(=O)NCCOc1noc(-c2ccccc2)c1F.Cl.NCCOc1noc(-c2ccccc2)c1F. The molecule has 2 aromatic heterocycles. The van der Waals surface area contributed by atoms with Gasteiger partial charge in [0.05, 0.1) is 6.54 Å². The van der Waals surface area contributed by atoms with Crippen LogP contribution in [0.2, 0.25) is 0 Å². The van der Waals surface area contributed by atoms with E-state index in [0.717, 1.165) is 0 Å². The summed E-state index contributed by atoms with van der Waals surface area (Å²) in [5.41, 5.74) is 5.85. The first-order chi connectivity index (χ1) is 18.7. The molecule has 0 spiro atoms. The second-order valence-corrected chi connectivity index (χ2v) is 8.91. The fourth-order valence-corrected chi connectivity index (χ4v) is 3.02. The summed E-state index contributed by atoms with van der Waals surface area (Å²) in [6.07, 6.45) is -0.563. The Labute approximate surface area is 236 Å². The number of nitrogens with one attached hydrogen (secondary N) is 1. The summed E-state index contributed by atoms with van der Waals surface area (Å²) in [5, 5.41) is 9.55. The molecule has 0 atom stereocenters. The highest BCUT2D eigenvalue weighted by Crippen LogP contribution is 2.29. The van der Waals surface area contributed by atoms with Gasteiger partial charge in [0, 0.05) is 17.7 Å². The molecule has 0 aliphatic heterocycles. The van der Waals surface area contributed by atoms with Gasteiger partial charge in [-0.15, -0.1) is 12.4 Å². The van der Waals surface area contributed by atoms with Crippen LogP contribution in [0.5, 0.6) is 11.8 Å². The van der Waals surface area contributed by atoms with Crippen LogP contribution in [0.1, 0.15) is 20.8 Å². The van der Waals surface area contributed by atoms with Crippen molar-refractivity contribution in [1.82, 2.24) is 15.6 Å². The molecule has 13 heteroatoms. The summed E-state index contributed by atoms with van der Waals surface area (Å²) in [7, 11) is 0. The van der Waals surface area contributed by atoms with Gasteiger partial charge in [-0.05, 0) is 31.1 Å². The minimum absolute atomic E-state index is 0. The Morgan fingerprint density at radius 1 is 0.850 bits per heavy atom. The van der Waals surface area contributed by atoms with Crippen LogP contribution in [-0.4, -0.2) is 48.3 Å². The van der Waals surface area contributed by atoms with Gasteiger partial charge in [0.25, 0.3) is 11.8 Å². The third kappa shape index (κ3) is 9.54. The molecule has 0 saturated carbocycles. The van der Waals surface area contributed by atoms with E-state index in [1.54, 1.807) is 69.3 Å². The lowest BCUT2D eigenvalue weighted by atomic mass is 10.2. The maximum Gasteiger partial charge on any atom is 0.407 e. The molecule has 0 aliphatic rings. The van der Waals surface area contributed by atoms with Crippen LogP contribution < -0.4 is 20.5 Å². The number of aromatic nitrogens is 2. The van der Waals surface area contributed by atoms with Crippen LogP contribution in [0.4, 0.5) is 13.6 Å². The second kappa shape index (κ2) is 15.4. The van der Waals surface area contributed by atoms with Gasteiger partial charge in [-0.25, -0.2) is 4.79 Å². The molecule has 0 unspecified atom stereocenters. The lowest BCUT2D eigenvalue weighted by molar-refractivity contribution is 0.0519. The number of hydrogen-bond acceptors (Lipinski definition) is 9. The zero-order valence-electron chi connectivity index (χ0n) is 22.2. The van der Waals surface area contributed by atoms with Crippen molar-refractivity contribution in [3.8, 4) is 34.4 Å². The van der Waals surface area contributed by atoms with Gasteiger partial charge in [-0.3, -0.25) is 0 Å². The van der Waals surface area contributed by atoms with E-state index in [2.05, 4.69) is 15.6 Å². The average molecular weight is 581 g/mol. The molecular formula is C27H31ClF2N4O6. The van der Waals surface area contributed by atoms with Gasteiger partial charge in [-0.2, -0.15) is 8.78 Å². The van der Waals surface area contributed by atoms with Gasteiger partial charge in [0.15, 0.2) is 0 Å². The van der Waals surface area contributed by atoms with Gasteiger partial charge >= 0.3 is 6.09 Å². The van der Waals surface area contributed by atoms with Crippen LogP contribution in [-0.2, 0) is 4.74 Å². The van der Waals surface area contributed by atoms with E-state index in [0.29, 0.717) is 17.7 Å². The number of hydrogen-bond donors (Lipinski definition) is 2. The van der Waals surface area contributed by atoms with Crippen LogP contribution in [0.25, 0.3) is 22.6 Å². The summed E-state index contributed by atoms with van der Waals surface area (Å²) < 4.78 is 52.9. The fraction of sp³-hybridized carbons (Fsp3) is 0.296. The number of rotatable bonds is 9. The molecule has 2 heterocycles. The summed E-state index contributed by atoms with van der Waals surface area (Å²) in [4.78, 5) is 11.4. The number of alkyl carbamates (subject to hydrolysis) is 1. The van der Waals surface area contributed by atoms with E-state index in [4.69, 9.17) is 29.0 Å². The number of carbonyl (C=O) groups is 1. The average Bonchev–Trinajstić information content (AvgIpc) is 3.47. The smallest absolute Gasteiger partial charge is 0.407 e. The van der Waals surface area contributed by atoms with Crippen LogP contribution in [0.3, 0.4) is 0 Å². The van der Waals surface area contributed by atoms with Crippen molar-refractivity contribution < 1.29 is 36.8 Å². The number of amides is 1. The molecule has 2 aromatic carbocycles. The van der Waals surface area contributed by atoms with Crippen molar-refractivity contribution >= 4 is 18.5 Å². The second-order valence-electron chi connectivity index (χ2n) is 8.91. The van der Waals surface area contributed by atoms with Gasteiger partial charge in [0.1, 0.15) is 18.8 Å². The number of carbonyl (C=O) groups excluding carboxylic acids is 1. The predicted octanol–water partition coefficient (Wildman–Crippen LogP) is 5.62. The molecule has 4 aromatic rings. The Hall–Kier alpha value is -4.16. The lowest BCUT2D eigenvalue weighted by Crippen LogP contribution is -2.34. The zero-order valence-corrected chi connectivity index (χ0v) is 23.0. The van der Waals surface area contributed by atoms with Crippen molar-refractivity contribution in [2.24, 2.45) is 5.73 Å². The molecule has 3 N–H and O–H groups in total. The number of ether oxygens (including phenoxy) is 3. The Morgan fingerprint density at radius 2 is 1.30 bits per heavy atom. The minimum Gasteiger partial charge on any atom is -0.472 e. The number of benzene rings is 2.